The molecule has 0 aliphatic rings. The van der Waals surface area contributed by atoms with Crippen LogP contribution in [0.1, 0.15) is 17.0 Å². The van der Waals surface area contributed by atoms with E-state index in [4.69, 9.17) is 4.74 Å². The second-order valence-corrected chi connectivity index (χ2v) is 6.89. The SMILES string of the molecule is Cc1cccc(OCCNC(=O)CSc2nc3nc(C)cc(C)n3n2)c1. The molecule has 1 N–H and O–H groups in total. The van der Waals surface area contributed by atoms with Crippen molar-refractivity contribution in [2.75, 3.05) is 18.9 Å². The second kappa shape index (κ2) is 8.18. The van der Waals surface area contributed by atoms with E-state index in [2.05, 4.69) is 20.4 Å². The minimum Gasteiger partial charge on any atom is -0.492 e. The quantitative estimate of drug-likeness (QED) is 0.507. The Kier molecular flexibility index (Phi) is 5.72. The van der Waals surface area contributed by atoms with Crippen LogP contribution in [0.4, 0.5) is 0 Å². The molecule has 8 heteroatoms. The van der Waals surface area contributed by atoms with E-state index in [0.717, 1.165) is 22.7 Å². The van der Waals surface area contributed by atoms with Gasteiger partial charge >= 0.3 is 0 Å². The molecule has 0 fully saturated rings. The number of nitrogens with zero attached hydrogens (tertiary/aromatic N) is 4. The van der Waals surface area contributed by atoms with Crippen molar-refractivity contribution >= 4 is 23.4 Å². The van der Waals surface area contributed by atoms with Gasteiger partial charge in [0.25, 0.3) is 5.78 Å². The summed E-state index contributed by atoms with van der Waals surface area (Å²) in [4.78, 5) is 20.6. The average molecular weight is 371 g/mol. The molecule has 0 aliphatic heterocycles. The summed E-state index contributed by atoms with van der Waals surface area (Å²) in [5.74, 6) is 1.53. The fourth-order valence-corrected chi connectivity index (χ4v) is 3.10. The zero-order valence-electron chi connectivity index (χ0n) is 15.0. The molecule has 2 heterocycles. The molecule has 0 aliphatic carbocycles. The van der Waals surface area contributed by atoms with E-state index in [1.165, 1.54) is 11.8 Å². The lowest BCUT2D eigenvalue weighted by Gasteiger charge is -2.07. The Morgan fingerprint density at radius 3 is 2.88 bits per heavy atom. The van der Waals surface area contributed by atoms with Crippen molar-refractivity contribution < 1.29 is 9.53 Å². The van der Waals surface area contributed by atoms with Gasteiger partial charge in [-0.25, -0.2) is 9.50 Å². The van der Waals surface area contributed by atoms with Gasteiger partial charge in [0.2, 0.25) is 11.1 Å². The van der Waals surface area contributed by atoms with Gasteiger partial charge in [0, 0.05) is 11.4 Å². The average Bonchev–Trinajstić information content (AvgIpc) is 3.00. The van der Waals surface area contributed by atoms with E-state index in [1.54, 1.807) is 4.52 Å². The summed E-state index contributed by atoms with van der Waals surface area (Å²) in [7, 11) is 0. The number of hydrogen-bond acceptors (Lipinski definition) is 6. The molecule has 0 radical (unpaired) electrons. The summed E-state index contributed by atoms with van der Waals surface area (Å²) in [5.41, 5.74) is 3.00. The molecule has 7 nitrogen and oxygen atoms in total. The number of amides is 1. The second-order valence-electron chi connectivity index (χ2n) is 5.95. The molecule has 0 spiro atoms. The van der Waals surface area contributed by atoms with Gasteiger partial charge in [0.05, 0.1) is 12.3 Å². The maximum absolute atomic E-state index is 12.0. The van der Waals surface area contributed by atoms with Crippen LogP contribution in [0.25, 0.3) is 5.78 Å². The van der Waals surface area contributed by atoms with Crippen LogP contribution in [0.3, 0.4) is 0 Å². The van der Waals surface area contributed by atoms with Crippen molar-refractivity contribution in [3.05, 3.63) is 47.3 Å². The fraction of sp³-hybridized carbons (Fsp3) is 0.333. The van der Waals surface area contributed by atoms with E-state index >= 15 is 0 Å². The van der Waals surface area contributed by atoms with Crippen molar-refractivity contribution in [1.82, 2.24) is 24.9 Å². The predicted octanol–water partition coefficient (Wildman–Crippen LogP) is 2.34. The van der Waals surface area contributed by atoms with Crippen LogP contribution in [0.15, 0.2) is 35.5 Å². The molecular formula is C18H21N5O2S. The molecule has 0 unspecified atom stereocenters. The Bertz CT molecular complexity index is 925. The lowest BCUT2D eigenvalue weighted by molar-refractivity contribution is -0.118. The molecule has 3 aromatic rings. The third kappa shape index (κ3) is 4.72. The Hall–Kier alpha value is -2.61. The normalized spacial score (nSPS) is 10.9. The molecule has 0 atom stereocenters. The van der Waals surface area contributed by atoms with Crippen molar-refractivity contribution in [1.29, 1.82) is 0 Å². The van der Waals surface area contributed by atoms with Crippen LogP contribution >= 0.6 is 11.8 Å². The largest absolute Gasteiger partial charge is 0.492 e. The molecule has 3 rings (SSSR count). The number of nitrogens with one attached hydrogen (secondary N) is 1. The highest BCUT2D eigenvalue weighted by atomic mass is 32.2. The summed E-state index contributed by atoms with van der Waals surface area (Å²) in [5, 5.41) is 7.74. The third-order valence-corrected chi connectivity index (χ3v) is 4.45. The van der Waals surface area contributed by atoms with Gasteiger partial charge in [0.1, 0.15) is 12.4 Å². The van der Waals surface area contributed by atoms with Crippen LogP contribution in [-0.2, 0) is 4.79 Å². The Morgan fingerprint density at radius 2 is 2.08 bits per heavy atom. The molecule has 0 saturated heterocycles. The number of rotatable bonds is 7. The van der Waals surface area contributed by atoms with Crippen LogP contribution in [0, 0.1) is 20.8 Å². The molecule has 26 heavy (non-hydrogen) atoms. The summed E-state index contributed by atoms with van der Waals surface area (Å²) in [6.07, 6.45) is 0. The number of hydrogen-bond donors (Lipinski definition) is 1. The first-order valence-electron chi connectivity index (χ1n) is 8.31. The van der Waals surface area contributed by atoms with Crippen molar-refractivity contribution in [3.8, 4) is 5.75 Å². The molecule has 0 bridgehead atoms. The Balaban J connectivity index is 1.43. The Labute approximate surface area is 156 Å². The van der Waals surface area contributed by atoms with Crippen LogP contribution in [0.2, 0.25) is 0 Å². The van der Waals surface area contributed by atoms with Gasteiger partial charge in [-0.2, -0.15) is 4.98 Å². The maximum atomic E-state index is 12.0. The van der Waals surface area contributed by atoms with Crippen LogP contribution in [0.5, 0.6) is 5.75 Å². The summed E-state index contributed by atoms with van der Waals surface area (Å²) in [6, 6.07) is 9.76. The number of aromatic nitrogens is 4. The standard InChI is InChI=1S/C18H21N5O2S/c1-12-5-4-6-15(9-12)25-8-7-19-16(24)11-26-18-21-17-20-13(2)10-14(3)23(17)22-18/h4-6,9-10H,7-8,11H2,1-3H3,(H,19,24). The van der Waals surface area contributed by atoms with Crippen LogP contribution in [-0.4, -0.2) is 44.4 Å². The zero-order chi connectivity index (χ0) is 18.5. The highest BCUT2D eigenvalue weighted by Gasteiger charge is 2.10. The maximum Gasteiger partial charge on any atom is 0.253 e. The van der Waals surface area contributed by atoms with E-state index < -0.39 is 0 Å². The van der Waals surface area contributed by atoms with Crippen LogP contribution < -0.4 is 10.1 Å². The first-order valence-corrected chi connectivity index (χ1v) is 9.30. The third-order valence-electron chi connectivity index (χ3n) is 3.61. The van der Waals surface area contributed by atoms with E-state index in [-0.39, 0.29) is 11.7 Å². The van der Waals surface area contributed by atoms with Gasteiger partial charge in [0.15, 0.2) is 0 Å². The molecular weight excluding hydrogens is 350 g/mol. The topological polar surface area (TPSA) is 81.4 Å². The molecule has 1 aromatic carbocycles. The number of thioether (sulfide) groups is 1. The number of fused-ring (bicyclic) bond motifs is 1. The smallest absolute Gasteiger partial charge is 0.253 e. The Morgan fingerprint density at radius 1 is 1.23 bits per heavy atom. The highest BCUT2D eigenvalue weighted by Crippen LogP contribution is 2.15. The van der Waals surface area contributed by atoms with Gasteiger partial charge in [-0.3, -0.25) is 4.79 Å². The number of benzene rings is 1. The zero-order valence-corrected chi connectivity index (χ0v) is 15.8. The lowest BCUT2D eigenvalue weighted by atomic mass is 10.2. The van der Waals surface area contributed by atoms with Gasteiger partial charge < -0.3 is 10.1 Å². The number of aryl methyl sites for hydroxylation is 3. The summed E-state index contributed by atoms with van der Waals surface area (Å²) in [6.45, 7) is 6.75. The minimum atomic E-state index is -0.0810. The number of carbonyl (C=O) groups excluding carboxylic acids is 1. The van der Waals surface area contributed by atoms with Gasteiger partial charge in [-0.05, 0) is 44.5 Å². The summed E-state index contributed by atoms with van der Waals surface area (Å²) < 4.78 is 7.29. The monoisotopic (exact) mass is 371 g/mol. The predicted molar refractivity (Wildman–Crippen MR) is 101 cm³/mol. The van der Waals surface area contributed by atoms with Crippen molar-refractivity contribution in [3.63, 3.8) is 0 Å². The highest BCUT2D eigenvalue weighted by molar-refractivity contribution is 7.99. The molecule has 136 valence electrons. The van der Waals surface area contributed by atoms with E-state index in [1.807, 2.05) is 51.1 Å². The van der Waals surface area contributed by atoms with Gasteiger partial charge in [-0.1, -0.05) is 23.9 Å². The summed E-state index contributed by atoms with van der Waals surface area (Å²) >= 11 is 1.29. The number of carbonyl (C=O) groups is 1. The number of ether oxygens (including phenoxy) is 1. The van der Waals surface area contributed by atoms with Crippen molar-refractivity contribution in [2.24, 2.45) is 0 Å². The van der Waals surface area contributed by atoms with E-state index in [9.17, 15) is 4.79 Å². The lowest BCUT2D eigenvalue weighted by Crippen LogP contribution is -2.29. The molecule has 0 saturated carbocycles. The molecule has 1 amide bonds. The van der Waals surface area contributed by atoms with Crippen molar-refractivity contribution in [2.45, 2.75) is 25.9 Å². The molecule has 2 aromatic heterocycles. The first kappa shape index (κ1) is 18.2. The fourth-order valence-electron chi connectivity index (χ4n) is 2.45. The van der Waals surface area contributed by atoms with Gasteiger partial charge in [-0.15, -0.1) is 5.10 Å². The first-order chi connectivity index (χ1) is 12.5. The minimum absolute atomic E-state index is 0.0810. The van der Waals surface area contributed by atoms with E-state index in [0.29, 0.717) is 24.1 Å².